The molecule has 4 rings (SSSR count). The maximum Gasteiger partial charge on any atom is 0.417 e. The van der Waals surface area contributed by atoms with E-state index in [0.717, 1.165) is 25.1 Å². The van der Waals surface area contributed by atoms with Crippen molar-refractivity contribution in [3.05, 3.63) is 58.0 Å². The van der Waals surface area contributed by atoms with Crippen LogP contribution in [0.1, 0.15) is 37.1 Å². The molecule has 1 N–H and O–H groups in total. The number of likely N-dealkylation sites (tertiary alicyclic amines) is 1. The summed E-state index contributed by atoms with van der Waals surface area (Å²) >= 11 is 12.0. The predicted octanol–water partition coefficient (Wildman–Crippen LogP) is 5.26. The van der Waals surface area contributed by atoms with Crippen LogP contribution >= 0.6 is 23.2 Å². The lowest BCUT2D eigenvalue weighted by molar-refractivity contribution is -0.137. The van der Waals surface area contributed by atoms with Gasteiger partial charge >= 0.3 is 6.18 Å². The zero-order valence-electron chi connectivity index (χ0n) is 17.0. The summed E-state index contributed by atoms with van der Waals surface area (Å²) in [5.74, 6) is 0.0705. The molecule has 1 fully saturated rings. The van der Waals surface area contributed by atoms with Crippen LogP contribution in [0.5, 0.6) is 0 Å². The number of rotatable bonds is 4. The van der Waals surface area contributed by atoms with Gasteiger partial charge in [-0.15, -0.1) is 10.2 Å². The molecule has 0 bridgehead atoms. The number of hydrogen-bond donors (Lipinski definition) is 1. The summed E-state index contributed by atoms with van der Waals surface area (Å²) < 4.78 is 40.9. The molecular formula is C21H20Cl2F3N5O. The molecule has 32 heavy (non-hydrogen) atoms. The number of amides is 1. The molecule has 170 valence electrons. The summed E-state index contributed by atoms with van der Waals surface area (Å²) in [6.45, 7) is 2.94. The molecular weight excluding hydrogens is 466 g/mol. The number of carbonyl (C=O) groups excluding carboxylic acids is 1. The Bertz CT molecular complexity index is 1150. The predicted molar refractivity (Wildman–Crippen MR) is 116 cm³/mol. The number of carbonyl (C=O) groups is 1. The van der Waals surface area contributed by atoms with Gasteiger partial charge in [0, 0.05) is 23.7 Å². The molecule has 3 aromatic rings. The number of nitrogens with zero attached hydrogens (tertiary/aromatic N) is 4. The fraction of sp³-hybridized carbons (Fsp3) is 0.381. The lowest BCUT2D eigenvalue weighted by Gasteiger charge is -2.35. The SMILES string of the molecule is C[C@@H](C(=O)Nc1ccc(Cl)cc1Cl)N1CCC[C@@H](c2nnc3ccc(C(F)(F)F)cn23)C1. The molecule has 0 spiro atoms. The first-order valence-corrected chi connectivity index (χ1v) is 10.8. The van der Waals surface area contributed by atoms with Crippen molar-refractivity contribution in [3.63, 3.8) is 0 Å². The average molecular weight is 486 g/mol. The van der Waals surface area contributed by atoms with Gasteiger partial charge in [0.1, 0.15) is 5.82 Å². The number of pyridine rings is 1. The van der Waals surface area contributed by atoms with E-state index in [0.29, 0.717) is 40.3 Å². The average Bonchev–Trinajstić information content (AvgIpc) is 3.18. The number of anilines is 1. The topological polar surface area (TPSA) is 62.5 Å². The summed E-state index contributed by atoms with van der Waals surface area (Å²) in [6, 6.07) is 6.65. The van der Waals surface area contributed by atoms with Gasteiger partial charge < -0.3 is 5.32 Å². The fourth-order valence-electron chi connectivity index (χ4n) is 3.92. The Balaban J connectivity index is 1.51. The third kappa shape index (κ3) is 4.69. The Morgan fingerprint density at radius 1 is 1.22 bits per heavy atom. The van der Waals surface area contributed by atoms with Gasteiger partial charge in [-0.25, -0.2) is 0 Å². The molecule has 0 aliphatic carbocycles. The highest BCUT2D eigenvalue weighted by Crippen LogP contribution is 2.32. The number of halogens is 5. The second-order valence-electron chi connectivity index (χ2n) is 7.83. The van der Waals surface area contributed by atoms with Gasteiger partial charge in [-0.05, 0) is 56.6 Å². The third-order valence-electron chi connectivity index (χ3n) is 5.69. The highest BCUT2D eigenvalue weighted by molar-refractivity contribution is 6.36. The van der Waals surface area contributed by atoms with Gasteiger partial charge in [0.15, 0.2) is 5.65 Å². The van der Waals surface area contributed by atoms with Crippen molar-refractivity contribution in [2.45, 2.75) is 37.9 Å². The normalized spacial score (nSPS) is 18.6. The molecule has 11 heteroatoms. The number of fused-ring (bicyclic) bond motifs is 1. The summed E-state index contributed by atoms with van der Waals surface area (Å²) in [5.41, 5.74) is 0.0595. The molecule has 1 aliphatic rings. The van der Waals surface area contributed by atoms with E-state index >= 15 is 0 Å². The summed E-state index contributed by atoms with van der Waals surface area (Å²) in [5, 5.41) is 11.8. The second-order valence-corrected chi connectivity index (χ2v) is 8.67. The summed E-state index contributed by atoms with van der Waals surface area (Å²) in [4.78, 5) is 14.8. The van der Waals surface area contributed by atoms with E-state index in [1.165, 1.54) is 10.5 Å². The minimum atomic E-state index is -4.45. The zero-order chi connectivity index (χ0) is 23.0. The Hall–Kier alpha value is -2.36. The van der Waals surface area contributed by atoms with Gasteiger partial charge in [0.2, 0.25) is 5.91 Å². The number of piperidine rings is 1. The van der Waals surface area contributed by atoms with E-state index in [9.17, 15) is 18.0 Å². The smallest absolute Gasteiger partial charge is 0.323 e. The van der Waals surface area contributed by atoms with Crippen LogP contribution in [0.2, 0.25) is 10.0 Å². The van der Waals surface area contributed by atoms with Crippen molar-refractivity contribution in [1.82, 2.24) is 19.5 Å². The molecule has 3 heterocycles. The first kappa shape index (κ1) is 22.8. The van der Waals surface area contributed by atoms with Crippen LogP contribution in [0.4, 0.5) is 18.9 Å². The first-order valence-electron chi connectivity index (χ1n) is 10.1. The molecule has 0 saturated carbocycles. The summed E-state index contributed by atoms with van der Waals surface area (Å²) in [6.07, 6.45) is -1.91. The highest BCUT2D eigenvalue weighted by Gasteiger charge is 2.33. The Morgan fingerprint density at radius 3 is 2.72 bits per heavy atom. The highest BCUT2D eigenvalue weighted by atomic mass is 35.5. The van der Waals surface area contributed by atoms with Crippen LogP contribution in [-0.4, -0.2) is 44.5 Å². The van der Waals surface area contributed by atoms with Crippen LogP contribution < -0.4 is 5.32 Å². The second kappa shape index (κ2) is 8.88. The quantitative estimate of drug-likeness (QED) is 0.547. The van der Waals surface area contributed by atoms with Crippen molar-refractivity contribution >= 4 is 40.4 Å². The Labute approximate surface area is 192 Å². The Morgan fingerprint density at radius 2 is 2.00 bits per heavy atom. The molecule has 1 amide bonds. The lowest BCUT2D eigenvalue weighted by atomic mass is 9.96. The number of aromatic nitrogens is 3. The molecule has 2 aromatic heterocycles. The van der Waals surface area contributed by atoms with Crippen molar-refractivity contribution < 1.29 is 18.0 Å². The van der Waals surface area contributed by atoms with Crippen LogP contribution in [-0.2, 0) is 11.0 Å². The zero-order valence-corrected chi connectivity index (χ0v) is 18.5. The van der Waals surface area contributed by atoms with Gasteiger partial charge in [0.25, 0.3) is 0 Å². The monoisotopic (exact) mass is 485 g/mol. The van der Waals surface area contributed by atoms with E-state index in [1.807, 2.05) is 4.90 Å². The Kier molecular flexibility index (Phi) is 6.33. The number of hydrogen-bond acceptors (Lipinski definition) is 4. The van der Waals surface area contributed by atoms with Crippen LogP contribution in [0, 0.1) is 0 Å². The first-order chi connectivity index (χ1) is 15.1. The molecule has 2 atom stereocenters. The number of alkyl halides is 3. The maximum atomic E-state index is 13.2. The number of benzene rings is 1. The van der Waals surface area contributed by atoms with Crippen LogP contribution in [0.15, 0.2) is 36.5 Å². The van der Waals surface area contributed by atoms with Gasteiger partial charge in [-0.3, -0.25) is 14.1 Å². The van der Waals surface area contributed by atoms with Crippen LogP contribution in [0.3, 0.4) is 0 Å². The van der Waals surface area contributed by atoms with Crippen molar-refractivity contribution in [3.8, 4) is 0 Å². The summed E-state index contributed by atoms with van der Waals surface area (Å²) in [7, 11) is 0. The molecule has 6 nitrogen and oxygen atoms in total. The molecule has 0 radical (unpaired) electrons. The van der Waals surface area contributed by atoms with Crippen LogP contribution in [0.25, 0.3) is 5.65 Å². The molecule has 1 aromatic carbocycles. The van der Waals surface area contributed by atoms with E-state index in [-0.39, 0.29) is 11.8 Å². The van der Waals surface area contributed by atoms with E-state index in [1.54, 1.807) is 25.1 Å². The van der Waals surface area contributed by atoms with Gasteiger partial charge in [-0.2, -0.15) is 13.2 Å². The third-order valence-corrected chi connectivity index (χ3v) is 6.24. The fourth-order valence-corrected chi connectivity index (χ4v) is 4.37. The standard InChI is InChI=1S/C21H20Cl2F3N5O/c1-12(20(32)27-17-6-5-15(22)9-16(17)23)30-8-2-3-13(10-30)19-29-28-18-7-4-14(11-31(18)19)21(24,25)26/h4-7,9,11-13H,2-3,8,10H2,1H3,(H,27,32)/t12-,13+/m0/s1. The number of nitrogens with one attached hydrogen (secondary N) is 1. The van der Waals surface area contributed by atoms with Crippen molar-refractivity contribution in [2.75, 3.05) is 18.4 Å². The minimum Gasteiger partial charge on any atom is -0.323 e. The van der Waals surface area contributed by atoms with E-state index in [2.05, 4.69) is 15.5 Å². The largest absolute Gasteiger partial charge is 0.417 e. The maximum absolute atomic E-state index is 13.2. The lowest BCUT2D eigenvalue weighted by Crippen LogP contribution is -2.46. The van der Waals surface area contributed by atoms with Crippen molar-refractivity contribution in [2.24, 2.45) is 0 Å². The van der Waals surface area contributed by atoms with Gasteiger partial charge in [0.05, 0.1) is 22.3 Å². The van der Waals surface area contributed by atoms with Crippen molar-refractivity contribution in [1.29, 1.82) is 0 Å². The van der Waals surface area contributed by atoms with E-state index < -0.39 is 17.8 Å². The molecule has 1 saturated heterocycles. The van der Waals surface area contributed by atoms with Gasteiger partial charge in [-0.1, -0.05) is 23.2 Å². The minimum absolute atomic E-state index is 0.156. The molecule has 0 unspecified atom stereocenters. The molecule has 1 aliphatic heterocycles. The van der Waals surface area contributed by atoms with E-state index in [4.69, 9.17) is 23.2 Å².